The second-order valence-corrected chi connectivity index (χ2v) is 5.41. The highest BCUT2D eigenvalue weighted by Gasteiger charge is 2.06. The van der Waals surface area contributed by atoms with E-state index in [0.29, 0.717) is 6.54 Å². The van der Waals surface area contributed by atoms with Crippen molar-refractivity contribution in [3.63, 3.8) is 0 Å². The Labute approximate surface area is 125 Å². The molecule has 3 rings (SSSR count). The number of benzene rings is 2. The molecule has 0 saturated heterocycles. The maximum Gasteiger partial charge on any atom is 0.149 e. The molecule has 0 aliphatic rings. The monoisotopic (exact) mass is 302 g/mol. The minimum atomic E-state index is -0.602. The summed E-state index contributed by atoms with van der Waals surface area (Å²) in [5, 5.41) is 5.74. The van der Waals surface area contributed by atoms with Gasteiger partial charge in [-0.25, -0.2) is 13.8 Å². The lowest BCUT2D eigenvalue weighted by Gasteiger charge is -2.05. The standard InChI is InChI=1S/C16H12F2N2S/c17-12-6-7-14(13(18)8-12)19-9-16-20-15(10-21-16)11-4-2-1-3-5-11/h1-8,10,19H,9H2. The average molecular weight is 302 g/mol. The summed E-state index contributed by atoms with van der Waals surface area (Å²) in [6, 6.07) is 13.3. The van der Waals surface area contributed by atoms with Crippen LogP contribution in [0.5, 0.6) is 0 Å². The zero-order valence-electron chi connectivity index (χ0n) is 11.0. The van der Waals surface area contributed by atoms with Crippen molar-refractivity contribution in [3.8, 4) is 11.3 Å². The molecule has 1 heterocycles. The Morgan fingerprint density at radius 3 is 2.62 bits per heavy atom. The zero-order valence-corrected chi connectivity index (χ0v) is 11.8. The maximum atomic E-state index is 13.5. The number of thiazole rings is 1. The van der Waals surface area contributed by atoms with Crippen LogP contribution in [0.2, 0.25) is 0 Å². The van der Waals surface area contributed by atoms with Crippen LogP contribution in [0.1, 0.15) is 5.01 Å². The molecule has 0 unspecified atom stereocenters. The Kier molecular flexibility index (Phi) is 3.92. The van der Waals surface area contributed by atoms with Crippen molar-refractivity contribution in [3.05, 3.63) is 70.6 Å². The third-order valence-corrected chi connectivity index (χ3v) is 3.83. The fourth-order valence-electron chi connectivity index (χ4n) is 1.94. The van der Waals surface area contributed by atoms with Crippen molar-refractivity contribution in [2.75, 3.05) is 5.32 Å². The van der Waals surface area contributed by atoms with Gasteiger partial charge in [-0.2, -0.15) is 0 Å². The highest BCUT2D eigenvalue weighted by atomic mass is 32.1. The van der Waals surface area contributed by atoms with E-state index < -0.39 is 11.6 Å². The predicted octanol–water partition coefficient (Wildman–Crippen LogP) is 4.70. The number of anilines is 1. The number of halogens is 2. The van der Waals surface area contributed by atoms with Gasteiger partial charge in [0.15, 0.2) is 0 Å². The fourth-order valence-corrected chi connectivity index (χ4v) is 2.68. The van der Waals surface area contributed by atoms with Crippen molar-refractivity contribution in [2.45, 2.75) is 6.54 Å². The second kappa shape index (κ2) is 6.01. The average Bonchev–Trinajstić information content (AvgIpc) is 2.96. The van der Waals surface area contributed by atoms with Crippen molar-refractivity contribution in [2.24, 2.45) is 0 Å². The molecule has 1 N–H and O–H groups in total. The molecule has 0 bridgehead atoms. The number of rotatable bonds is 4. The first-order valence-electron chi connectivity index (χ1n) is 6.41. The summed E-state index contributed by atoms with van der Waals surface area (Å²) in [6.07, 6.45) is 0. The van der Waals surface area contributed by atoms with Crippen LogP contribution in [0.25, 0.3) is 11.3 Å². The molecular weight excluding hydrogens is 290 g/mol. The van der Waals surface area contributed by atoms with Gasteiger partial charge in [0.2, 0.25) is 0 Å². The molecule has 0 spiro atoms. The predicted molar refractivity (Wildman–Crippen MR) is 81.2 cm³/mol. The van der Waals surface area contributed by atoms with E-state index in [4.69, 9.17) is 0 Å². The molecule has 21 heavy (non-hydrogen) atoms. The van der Waals surface area contributed by atoms with Crippen molar-refractivity contribution < 1.29 is 8.78 Å². The largest absolute Gasteiger partial charge is 0.376 e. The Hall–Kier alpha value is -2.27. The minimum Gasteiger partial charge on any atom is -0.376 e. The van der Waals surface area contributed by atoms with E-state index in [0.717, 1.165) is 22.3 Å². The van der Waals surface area contributed by atoms with Crippen LogP contribution in [-0.4, -0.2) is 4.98 Å². The van der Waals surface area contributed by atoms with Crippen LogP contribution < -0.4 is 5.32 Å². The molecule has 0 aliphatic carbocycles. The Bertz CT molecular complexity index is 741. The molecule has 2 aromatic carbocycles. The molecule has 5 heteroatoms. The van der Waals surface area contributed by atoms with E-state index in [-0.39, 0.29) is 5.69 Å². The molecule has 3 aromatic rings. The molecule has 2 nitrogen and oxygen atoms in total. The lowest BCUT2D eigenvalue weighted by molar-refractivity contribution is 0.585. The van der Waals surface area contributed by atoms with Gasteiger partial charge < -0.3 is 5.32 Å². The minimum absolute atomic E-state index is 0.271. The van der Waals surface area contributed by atoms with E-state index in [1.807, 2.05) is 35.7 Å². The molecule has 1 aromatic heterocycles. The number of hydrogen-bond acceptors (Lipinski definition) is 3. The molecule has 0 fully saturated rings. The van der Waals surface area contributed by atoms with Gasteiger partial charge in [0.25, 0.3) is 0 Å². The number of nitrogens with zero attached hydrogens (tertiary/aromatic N) is 1. The lowest BCUT2D eigenvalue weighted by atomic mass is 10.2. The normalized spacial score (nSPS) is 10.6. The molecule has 0 atom stereocenters. The summed E-state index contributed by atoms with van der Waals surface area (Å²) < 4.78 is 26.3. The third kappa shape index (κ3) is 3.25. The van der Waals surface area contributed by atoms with Crippen LogP contribution >= 0.6 is 11.3 Å². The topological polar surface area (TPSA) is 24.9 Å². The van der Waals surface area contributed by atoms with E-state index >= 15 is 0 Å². The van der Waals surface area contributed by atoms with Crippen LogP contribution in [0.3, 0.4) is 0 Å². The smallest absolute Gasteiger partial charge is 0.149 e. The first-order chi connectivity index (χ1) is 10.2. The van der Waals surface area contributed by atoms with Gasteiger partial charge in [-0.05, 0) is 12.1 Å². The maximum absolute atomic E-state index is 13.5. The highest BCUT2D eigenvalue weighted by molar-refractivity contribution is 7.09. The summed E-state index contributed by atoms with van der Waals surface area (Å²) >= 11 is 1.50. The van der Waals surface area contributed by atoms with Crippen molar-refractivity contribution >= 4 is 17.0 Å². The first kappa shape index (κ1) is 13.7. The van der Waals surface area contributed by atoms with E-state index in [2.05, 4.69) is 10.3 Å². The van der Waals surface area contributed by atoms with Gasteiger partial charge in [-0.1, -0.05) is 30.3 Å². The highest BCUT2D eigenvalue weighted by Crippen LogP contribution is 2.22. The SMILES string of the molecule is Fc1ccc(NCc2nc(-c3ccccc3)cs2)c(F)c1. The fraction of sp³-hybridized carbons (Fsp3) is 0.0625. The molecule has 0 aliphatic heterocycles. The van der Waals surface area contributed by atoms with Crippen LogP contribution in [0, 0.1) is 11.6 Å². The van der Waals surface area contributed by atoms with Crippen molar-refractivity contribution in [1.29, 1.82) is 0 Å². The number of hydrogen-bond donors (Lipinski definition) is 1. The summed E-state index contributed by atoms with van der Waals surface area (Å²) in [7, 11) is 0. The van der Waals surface area contributed by atoms with E-state index in [1.54, 1.807) is 0 Å². The van der Waals surface area contributed by atoms with Crippen molar-refractivity contribution in [1.82, 2.24) is 4.98 Å². The zero-order chi connectivity index (χ0) is 14.7. The molecule has 0 amide bonds. The van der Waals surface area contributed by atoms with Gasteiger partial charge in [-0.15, -0.1) is 11.3 Å². The molecule has 0 saturated carbocycles. The Balaban J connectivity index is 1.70. The quantitative estimate of drug-likeness (QED) is 0.755. The van der Waals surface area contributed by atoms with Gasteiger partial charge in [0, 0.05) is 17.0 Å². The molecular formula is C16H12F2N2S. The Morgan fingerprint density at radius 2 is 1.86 bits per heavy atom. The summed E-state index contributed by atoms with van der Waals surface area (Å²) in [5.74, 6) is -1.19. The van der Waals surface area contributed by atoms with E-state index in [9.17, 15) is 8.78 Å². The van der Waals surface area contributed by atoms with Crippen LogP contribution in [0.4, 0.5) is 14.5 Å². The van der Waals surface area contributed by atoms with Gasteiger partial charge in [0.05, 0.1) is 17.9 Å². The van der Waals surface area contributed by atoms with Gasteiger partial charge in [-0.3, -0.25) is 0 Å². The first-order valence-corrected chi connectivity index (χ1v) is 7.29. The lowest BCUT2D eigenvalue weighted by Crippen LogP contribution is -2.01. The Morgan fingerprint density at radius 1 is 1.05 bits per heavy atom. The van der Waals surface area contributed by atoms with Gasteiger partial charge >= 0.3 is 0 Å². The summed E-state index contributed by atoms with van der Waals surface area (Å²) in [5.41, 5.74) is 2.22. The molecule has 106 valence electrons. The number of aromatic nitrogens is 1. The molecule has 0 radical (unpaired) electrons. The van der Waals surface area contributed by atoms with Crippen LogP contribution in [-0.2, 0) is 6.54 Å². The summed E-state index contributed by atoms with van der Waals surface area (Å²) in [4.78, 5) is 4.50. The summed E-state index contributed by atoms with van der Waals surface area (Å²) in [6.45, 7) is 0.403. The number of nitrogens with one attached hydrogen (secondary N) is 1. The van der Waals surface area contributed by atoms with Crippen LogP contribution in [0.15, 0.2) is 53.9 Å². The third-order valence-electron chi connectivity index (χ3n) is 2.98. The van der Waals surface area contributed by atoms with E-state index in [1.165, 1.54) is 23.5 Å². The second-order valence-electron chi connectivity index (χ2n) is 4.47. The van der Waals surface area contributed by atoms with Gasteiger partial charge in [0.1, 0.15) is 16.6 Å².